The number of benzene rings is 1. The summed E-state index contributed by atoms with van der Waals surface area (Å²) in [5, 5.41) is 29.8. The minimum atomic E-state index is -5.02. The van der Waals surface area contributed by atoms with Crippen molar-refractivity contribution in [1.82, 2.24) is 20.7 Å². The SMILES string of the molecule is CC1(C)[C@H](NC(=O)/C(=N\O[C@H](C(=O)O)[C@H]2CCc3cc(C(=N)NC4(CCN)CC4)ccc3O2)c2csc(N)n2)C(=O)N1OS(=O)(=O)O. The summed E-state index contributed by atoms with van der Waals surface area (Å²) < 4.78 is 41.5. The first-order chi connectivity index (χ1) is 22.0. The zero-order valence-electron chi connectivity index (χ0n) is 25.3. The molecule has 1 aromatic carbocycles. The lowest BCUT2D eigenvalue weighted by molar-refractivity contribution is -0.218. The molecule has 254 valence electrons. The quantitative estimate of drug-likeness (QED) is 0.0475. The lowest BCUT2D eigenvalue weighted by Gasteiger charge is -2.50. The molecule has 2 aliphatic heterocycles. The van der Waals surface area contributed by atoms with Crippen LogP contribution >= 0.6 is 11.3 Å². The summed E-state index contributed by atoms with van der Waals surface area (Å²) in [6, 6.07) is 3.84. The summed E-state index contributed by atoms with van der Waals surface area (Å²) >= 11 is 0.963. The molecule has 0 bridgehead atoms. The van der Waals surface area contributed by atoms with Gasteiger partial charge in [-0.25, -0.2) is 9.78 Å². The number of oxime groups is 1. The number of rotatable bonds is 13. The van der Waals surface area contributed by atoms with Crippen molar-refractivity contribution < 1.29 is 46.3 Å². The Labute approximate surface area is 272 Å². The van der Waals surface area contributed by atoms with Gasteiger partial charge >= 0.3 is 16.4 Å². The second-order valence-corrected chi connectivity index (χ2v) is 13.8. The monoisotopic (exact) mass is 694 g/mol. The number of nitrogens with zero attached hydrogens (tertiary/aromatic N) is 3. The molecule has 3 heterocycles. The fourth-order valence-electron chi connectivity index (χ4n) is 5.38. The van der Waals surface area contributed by atoms with Gasteiger partial charge in [0.25, 0.3) is 17.9 Å². The third-order valence-corrected chi connectivity index (χ3v) is 9.14. The highest BCUT2D eigenvalue weighted by atomic mass is 32.3. The largest absolute Gasteiger partial charge is 0.485 e. The van der Waals surface area contributed by atoms with Crippen molar-refractivity contribution in [3.8, 4) is 5.75 Å². The summed E-state index contributed by atoms with van der Waals surface area (Å²) in [6.45, 7) is 3.25. The van der Waals surface area contributed by atoms with Gasteiger partial charge in [0.15, 0.2) is 10.8 Å². The molecule has 18 nitrogen and oxygen atoms in total. The standard InChI is InChI=1S/C27H34N8O10S2/c1-26(2)20(23(37)35(26)45-47(40,41)42)32-22(36)18(15-12-46-25(30)31-15)34-44-19(24(38)39)17-6-3-13-11-14(4-5-16(13)43-17)21(29)33-27(7-8-27)9-10-28/h4-5,11-12,17,19-20H,3,6-10,28H2,1-2H3,(H2,29,33)(H2,30,31)(H,32,36)(H,38,39)(H,40,41,42)/b34-18-/t17-,19+,20-/m1/s1. The van der Waals surface area contributed by atoms with Gasteiger partial charge in [-0.2, -0.15) is 13.5 Å². The van der Waals surface area contributed by atoms with Gasteiger partial charge in [-0.3, -0.25) is 19.6 Å². The highest BCUT2D eigenvalue weighted by Gasteiger charge is 2.58. The van der Waals surface area contributed by atoms with Gasteiger partial charge in [-0.15, -0.1) is 15.6 Å². The maximum absolute atomic E-state index is 13.3. The van der Waals surface area contributed by atoms with Crippen LogP contribution in [0.25, 0.3) is 0 Å². The zero-order valence-corrected chi connectivity index (χ0v) is 26.9. The van der Waals surface area contributed by atoms with Gasteiger partial charge in [-0.1, -0.05) is 5.16 Å². The lowest BCUT2D eigenvalue weighted by Crippen LogP contribution is -2.76. The van der Waals surface area contributed by atoms with E-state index in [1.807, 2.05) is 6.07 Å². The fraction of sp³-hybridized carbons (Fsp3) is 0.481. The number of aryl methyl sites for hydroxylation is 1. The van der Waals surface area contributed by atoms with E-state index < -0.39 is 57.7 Å². The summed E-state index contributed by atoms with van der Waals surface area (Å²) in [5.74, 6) is -2.76. The van der Waals surface area contributed by atoms with Crippen LogP contribution in [0.4, 0.5) is 5.13 Å². The third kappa shape index (κ3) is 7.30. The van der Waals surface area contributed by atoms with Crippen LogP contribution in [0, 0.1) is 5.41 Å². The van der Waals surface area contributed by atoms with Gasteiger partial charge in [0.1, 0.15) is 29.4 Å². The Morgan fingerprint density at radius 2 is 2.06 bits per heavy atom. The van der Waals surface area contributed by atoms with Crippen molar-refractivity contribution in [3.63, 3.8) is 0 Å². The molecule has 3 atom stereocenters. The number of amidine groups is 1. The number of aliphatic carboxylic acids is 1. The fourth-order valence-corrected chi connectivity index (χ4v) is 6.38. The number of nitrogen functional groups attached to an aromatic ring is 1. The Morgan fingerprint density at radius 1 is 1.34 bits per heavy atom. The van der Waals surface area contributed by atoms with Crippen LogP contribution in [0.1, 0.15) is 56.4 Å². The smallest absolute Gasteiger partial charge is 0.418 e. The second-order valence-electron chi connectivity index (χ2n) is 11.9. The molecule has 0 radical (unpaired) electrons. The molecule has 1 saturated carbocycles. The van der Waals surface area contributed by atoms with Crippen molar-refractivity contribution in [2.24, 2.45) is 10.9 Å². The average molecular weight is 695 g/mol. The molecule has 5 rings (SSSR count). The molecular formula is C27H34N8O10S2. The number of amides is 2. The minimum absolute atomic E-state index is 0.0598. The summed E-state index contributed by atoms with van der Waals surface area (Å²) in [4.78, 5) is 47.6. The number of carbonyl (C=O) groups is 3. The number of hydroxylamine groups is 2. The van der Waals surface area contributed by atoms with Crippen molar-refractivity contribution in [1.29, 1.82) is 5.41 Å². The normalized spacial score (nSPS) is 21.8. The number of carbonyl (C=O) groups excluding carboxylic acids is 2. The molecule has 1 saturated heterocycles. The number of thiazole rings is 1. The van der Waals surface area contributed by atoms with Crippen molar-refractivity contribution in [2.75, 3.05) is 12.3 Å². The Balaban J connectivity index is 1.30. The number of anilines is 1. The van der Waals surface area contributed by atoms with Crippen LogP contribution in [-0.4, -0.2) is 93.3 Å². The molecular weight excluding hydrogens is 660 g/mol. The predicted octanol–water partition coefficient (Wildman–Crippen LogP) is -0.0706. The van der Waals surface area contributed by atoms with Crippen LogP contribution in [0.2, 0.25) is 0 Å². The summed E-state index contributed by atoms with van der Waals surface area (Å²) in [6.07, 6.45) is 0.583. The number of nitrogens with one attached hydrogen (secondary N) is 3. The van der Waals surface area contributed by atoms with E-state index >= 15 is 0 Å². The van der Waals surface area contributed by atoms with Crippen LogP contribution in [0.3, 0.4) is 0 Å². The number of fused-ring (bicyclic) bond motifs is 1. The van der Waals surface area contributed by atoms with Crippen LogP contribution in [-0.2, 0) is 40.3 Å². The van der Waals surface area contributed by atoms with E-state index in [-0.39, 0.29) is 28.6 Å². The number of carboxylic acid groups (broad SMARTS) is 1. The first-order valence-electron chi connectivity index (χ1n) is 14.4. The molecule has 0 spiro atoms. The Hall–Kier alpha value is -4.37. The first-order valence-corrected chi connectivity index (χ1v) is 16.6. The van der Waals surface area contributed by atoms with Crippen molar-refractivity contribution in [2.45, 2.75) is 75.3 Å². The van der Waals surface area contributed by atoms with E-state index in [0.29, 0.717) is 29.3 Å². The molecule has 20 heteroatoms. The molecule has 3 aliphatic rings. The van der Waals surface area contributed by atoms with Gasteiger partial charge in [0.05, 0.1) is 5.54 Å². The van der Waals surface area contributed by atoms with Crippen molar-refractivity contribution >= 4 is 56.2 Å². The average Bonchev–Trinajstić information content (AvgIpc) is 3.62. The Bertz CT molecular complexity index is 1740. The van der Waals surface area contributed by atoms with E-state index in [4.69, 9.17) is 31.0 Å². The maximum Gasteiger partial charge on any atom is 0.418 e. The van der Waals surface area contributed by atoms with Gasteiger partial charge in [-0.05, 0) is 76.3 Å². The molecule has 2 aromatic rings. The van der Waals surface area contributed by atoms with Crippen LogP contribution in [0.5, 0.6) is 5.75 Å². The van der Waals surface area contributed by atoms with Gasteiger partial charge < -0.3 is 36.8 Å². The highest BCUT2D eigenvalue weighted by molar-refractivity contribution is 7.80. The number of aromatic nitrogens is 1. The molecule has 2 amide bonds. The number of β-lactam (4-membered cyclic amide) rings is 1. The van der Waals surface area contributed by atoms with Gasteiger partial charge in [0, 0.05) is 16.5 Å². The second kappa shape index (κ2) is 12.7. The molecule has 1 aromatic heterocycles. The van der Waals surface area contributed by atoms with Crippen molar-refractivity contribution in [3.05, 3.63) is 40.4 Å². The van der Waals surface area contributed by atoms with E-state index in [0.717, 1.165) is 36.2 Å². The van der Waals surface area contributed by atoms with Crippen LogP contribution in [0.15, 0.2) is 28.7 Å². The molecule has 2 fully saturated rings. The predicted molar refractivity (Wildman–Crippen MR) is 166 cm³/mol. The minimum Gasteiger partial charge on any atom is -0.485 e. The molecule has 47 heavy (non-hydrogen) atoms. The summed E-state index contributed by atoms with van der Waals surface area (Å²) in [5.41, 5.74) is 10.7. The number of hydrogen-bond donors (Lipinski definition) is 7. The van der Waals surface area contributed by atoms with E-state index in [1.165, 1.54) is 19.2 Å². The van der Waals surface area contributed by atoms with E-state index in [2.05, 4.69) is 25.1 Å². The number of hydrogen-bond acceptors (Lipinski definition) is 14. The maximum atomic E-state index is 13.3. The van der Waals surface area contributed by atoms with Crippen LogP contribution < -0.4 is 26.8 Å². The number of carboxylic acids is 1. The Kier molecular flexibility index (Phi) is 9.16. The topological polar surface area (TPSA) is 282 Å². The zero-order chi connectivity index (χ0) is 34.3. The van der Waals surface area contributed by atoms with E-state index in [9.17, 15) is 27.9 Å². The third-order valence-electron chi connectivity index (χ3n) is 8.13. The van der Waals surface area contributed by atoms with Gasteiger partial charge in [0.2, 0.25) is 0 Å². The number of nitrogens with two attached hydrogens (primary N) is 2. The molecule has 9 N–H and O–H groups in total. The highest BCUT2D eigenvalue weighted by Crippen LogP contribution is 2.39. The molecule has 1 aliphatic carbocycles. The Morgan fingerprint density at radius 3 is 2.64 bits per heavy atom. The number of ether oxygens (including phenoxy) is 1. The summed E-state index contributed by atoms with van der Waals surface area (Å²) in [7, 11) is -5.02. The first kappa shape index (κ1) is 34.0. The lowest BCUT2D eigenvalue weighted by atomic mass is 9.84. The van der Waals surface area contributed by atoms with E-state index in [1.54, 1.807) is 12.1 Å². The molecule has 0 unspecified atom stereocenters.